The van der Waals surface area contributed by atoms with E-state index in [2.05, 4.69) is 15.4 Å². The maximum Gasteiger partial charge on any atom is 0.274 e. The first-order chi connectivity index (χ1) is 13.7. The number of aromatic nitrogens is 3. The van der Waals surface area contributed by atoms with Crippen LogP contribution in [0.4, 0.5) is 5.82 Å². The van der Waals surface area contributed by atoms with Crippen LogP contribution >= 0.6 is 0 Å². The van der Waals surface area contributed by atoms with Crippen LogP contribution in [0.5, 0.6) is 0 Å². The predicted molar refractivity (Wildman–Crippen MR) is 105 cm³/mol. The molecule has 2 fully saturated rings. The lowest BCUT2D eigenvalue weighted by Gasteiger charge is -2.37. The van der Waals surface area contributed by atoms with Crippen LogP contribution in [0.1, 0.15) is 35.4 Å². The van der Waals surface area contributed by atoms with E-state index in [9.17, 15) is 4.79 Å². The molecule has 28 heavy (non-hydrogen) atoms. The summed E-state index contributed by atoms with van der Waals surface area (Å²) < 4.78 is 7.79. The monoisotopic (exact) mass is 381 g/mol. The van der Waals surface area contributed by atoms with Crippen LogP contribution in [0.15, 0.2) is 30.5 Å². The standard InChI is InChI=1S/C21H27N5O2/c1-28-19-10-15-13-25(21(27)18-11-16-5-4-8-26(16)24-18)12-14(15)9-17(19)23-20-6-2-3-7-22-20/h2-3,6-7,11,14-15,17,19H,4-5,8-10,12-13H2,1H3,(H,22,23)/t14-,15+,17-,19-/m1/s1. The molecule has 7 heteroatoms. The van der Waals surface area contributed by atoms with E-state index in [-0.39, 0.29) is 18.1 Å². The second-order valence-corrected chi connectivity index (χ2v) is 8.29. The molecule has 1 saturated heterocycles. The summed E-state index contributed by atoms with van der Waals surface area (Å²) in [5, 5.41) is 8.08. The Kier molecular flexibility index (Phi) is 4.55. The van der Waals surface area contributed by atoms with Crippen LogP contribution in [0.25, 0.3) is 0 Å². The zero-order valence-corrected chi connectivity index (χ0v) is 16.3. The third-order valence-corrected chi connectivity index (χ3v) is 6.59. The second-order valence-electron chi connectivity index (χ2n) is 8.29. The summed E-state index contributed by atoms with van der Waals surface area (Å²) in [4.78, 5) is 19.4. The molecule has 5 rings (SSSR count). The molecule has 0 spiro atoms. The minimum atomic E-state index is 0.0829. The molecule has 1 N–H and O–H groups in total. The molecule has 1 aliphatic carbocycles. The highest BCUT2D eigenvalue weighted by atomic mass is 16.5. The number of likely N-dealkylation sites (tertiary alicyclic amines) is 1. The molecule has 4 heterocycles. The lowest BCUT2D eigenvalue weighted by molar-refractivity contribution is 0.0304. The Morgan fingerprint density at radius 3 is 2.86 bits per heavy atom. The van der Waals surface area contributed by atoms with Crippen LogP contribution in [0.2, 0.25) is 0 Å². The van der Waals surface area contributed by atoms with Gasteiger partial charge in [0.05, 0.1) is 12.1 Å². The van der Waals surface area contributed by atoms with E-state index >= 15 is 0 Å². The minimum absolute atomic E-state index is 0.0829. The van der Waals surface area contributed by atoms with Gasteiger partial charge in [-0.05, 0) is 55.7 Å². The van der Waals surface area contributed by atoms with E-state index < -0.39 is 0 Å². The molecule has 148 valence electrons. The van der Waals surface area contributed by atoms with Crippen molar-refractivity contribution in [3.05, 3.63) is 41.9 Å². The molecule has 2 aliphatic heterocycles. The molecule has 0 aromatic carbocycles. The maximum atomic E-state index is 13.0. The van der Waals surface area contributed by atoms with Gasteiger partial charge in [-0.1, -0.05) is 6.07 Å². The molecular weight excluding hydrogens is 354 g/mol. The van der Waals surface area contributed by atoms with Crippen molar-refractivity contribution in [2.45, 2.75) is 44.4 Å². The Morgan fingerprint density at radius 1 is 1.25 bits per heavy atom. The van der Waals surface area contributed by atoms with Gasteiger partial charge in [0.1, 0.15) is 5.82 Å². The van der Waals surface area contributed by atoms with Crippen molar-refractivity contribution in [2.75, 3.05) is 25.5 Å². The Balaban J connectivity index is 1.27. The van der Waals surface area contributed by atoms with Crippen molar-refractivity contribution >= 4 is 11.7 Å². The van der Waals surface area contributed by atoms with Crippen LogP contribution in [-0.2, 0) is 17.7 Å². The molecule has 1 saturated carbocycles. The fourth-order valence-electron chi connectivity index (χ4n) is 5.16. The minimum Gasteiger partial charge on any atom is -0.379 e. The number of hydrogen-bond donors (Lipinski definition) is 1. The first kappa shape index (κ1) is 17.7. The third-order valence-electron chi connectivity index (χ3n) is 6.59. The van der Waals surface area contributed by atoms with Crippen molar-refractivity contribution in [1.29, 1.82) is 0 Å². The Hall–Kier alpha value is -2.41. The summed E-state index contributed by atoms with van der Waals surface area (Å²) in [7, 11) is 1.78. The number of fused-ring (bicyclic) bond motifs is 2. The molecule has 7 nitrogen and oxygen atoms in total. The normalized spacial score (nSPS) is 28.8. The fourth-order valence-corrected chi connectivity index (χ4v) is 5.16. The number of aryl methyl sites for hydroxylation is 2. The van der Waals surface area contributed by atoms with Gasteiger partial charge in [-0.25, -0.2) is 4.98 Å². The molecule has 2 aromatic rings. The van der Waals surface area contributed by atoms with Gasteiger partial charge >= 0.3 is 0 Å². The lowest BCUT2D eigenvalue weighted by Crippen LogP contribution is -2.44. The second kappa shape index (κ2) is 7.20. The highest BCUT2D eigenvalue weighted by Gasteiger charge is 2.44. The van der Waals surface area contributed by atoms with Crippen molar-refractivity contribution in [1.82, 2.24) is 19.7 Å². The summed E-state index contributed by atoms with van der Waals surface area (Å²) >= 11 is 0. The summed E-state index contributed by atoms with van der Waals surface area (Å²) in [6, 6.07) is 8.10. The molecule has 3 aliphatic rings. The van der Waals surface area contributed by atoms with Crippen molar-refractivity contribution in [3.8, 4) is 0 Å². The van der Waals surface area contributed by atoms with Crippen molar-refractivity contribution < 1.29 is 9.53 Å². The molecule has 0 unspecified atom stereocenters. The Bertz CT molecular complexity index is 830. The topological polar surface area (TPSA) is 72.3 Å². The summed E-state index contributed by atoms with van der Waals surface area (Å²) in [6.07, 6.45) is 6.05. The van der Waals surface area contributed by atoms with Gasteiger partial charge in [-0.15, -0.1) is 0 Å². The molecule has 2 aromatic heterocycles. The molecule has 0 radical (unpaired) electrons. The molecule has 4 atom stereocenters. The number of pyridine rings is 1. The number of carbonyl (C=O) groups excluding carboxylic acids is 1. The van der Waals surface area contributed by atoms with Gasteiger partial charge in [-0.2, -0.15) is 5.10 Å². The predicted octanol–water partition coefficient (Wildman–Crippen LogP) is 2.20. The van der Waals surface area contributed by atoms with E-state index in [1.807, 2.05) is 33.8 Å². The van der Waals surface area contributed by atoms with E-state index in [1.54, 1.807) is 13.3 Å². The first-order valence-electron chi connectivity index (χ1n) is 10.3. The number of nitrogens with one attached hydrogen (secondary N) is 1. The van der Waals surface area contributed by atoms with Gasteiger partial charge in [0.2, 0.25) is 0 Å². The van der Waals surface area contributed by atoms with Crippen LogP contribution < -0.4 is 5.32 Å². The van der Waals surface area contributed by atoms with Gasteiger partial charge in [0.25, 0.3) is 5.91 Å². The van der Waals surface area contributed by atoms with E-state index in [0.29, 0.717) is 17.5 Å². The summed E-state index contributed by atoms with van der Waals surface area (Å²) in [5.74, 6) is 1.95. The summed E-state index contributed by atoms with van der Waals surface area (Å²) in [6.45, 7) is 2.55. The molecule has 0 bridgehead atoms. The van der Waals surface area contributed by atoms with E-state index in [0.717, 1.165) is 51.1 Å². The van der Waals surface area contributed by atoms with Crippen LogP contribution in [0, 0.1) is 11.8 Å². The number of carbonyl (C=O) groups is 1. The van der Waals surface area contributed by atoms with E-state index in [1.165, 1.54) is 5.69 Å². The van der Waals surface area contributed by atoms with Crippen LogP contribution in [-0.4, -0.2) is 57.9 Å². The van der Waals surface area contributed by atoms with Gasteiger partial charge in [0, 0.05) is 38.6 Å². The Morgan fingerprint density at radius 2 is 2.11 bits per heavy atom. The zero-order chi connectivity index (χ0) is 19.1. The number of nitrogens with zero attached hydrogens (tertiary/aromatic N) is 4. The quantitative estimate of drug-likeness (QED) is 0.879. The summed E-state index contributed by atoms with van der Waals surface area (Å²) in [5.41, 5.74) is 1.80. The van der Waals surface area contributed by atoms with Crippen molar-refractivity contribution in [3.63, 3.8) is 0 Å². The molecule has 1 amide bonds. The number of anilines is 1. The smallest absolute Gasteiger partial charge is 0.274 e. The van der Waals surface area contributed by atoms with E-state index in [4.69, 9.17) is 4.74 Å². The van der Waals surface area contributed by atoms with Gasteiger partial charge < -0.3 is 15.0 Å². The number of methoxy groups -OCH3 is 1. The first-order valence-corrected chi connectivity index (χ1v) is 10.3. The highest BCUT2D eigenvalue weighted by molar-refractivity contribution is 5.92. The fraction of sp³-hybridized carbons (Fsp3) is 0.571. The highest BCUT2D eigenvalue weighted by Crippen LogP contribution is 2.38. The molecular formula is C21H27N5O2. The Labute approximate surface area is 165 Å². The number of hydrogen-bond acceptors (Lipinski definition) is 5. The number of amides is 1. The average molecular weight is 381 g/mol. The number of rotatable bonds is 4. The SMILES string of the molecule is CO[C@@H]1C[C@H]2CN(C(=O)c3cc4n(n3)CCC4)C[C@H]2C[C@H]1Nc1ccccn1. The lowest BCUT2D eigenvalue weighted by atomic mass is 9.77. The largest absolute Gasteiger partial charge is 0.379 e. The van der Waals surface area contributed by atoms with Gasteiger partial charge in [0.15, 0.2) is 5.69 Å². The van der Waals surface area contributed by atoms with Crippen molar-refractivity contribution in [2.24, 2.45) is 11.8 Å². The maximum absolute atomic E-state index is 13.0. The third kappa shape index (κ3) is 3.17. The van der Waals surface area contributed by atoms with Crippen LogP contribution in [0.3, 0.4) is 0 Å². The van der Waals surface area contributed by atoms with Gasteiger partial charge in [-0.3, -0.25) is 9.48 Å². The average Bonchev–Trinajstić information content (AvgIpc) is 3.41. The number of ether oxygens (including phenoxy) is 1. The zero-order valence-electron chi connectivity index (χ0n) is 16.3.